The van der Waals surface area contributed by atoms with Crippen molar-refractivity contribution in [1.29, 1.82) is 0 Å². The molecule has 1 aliphatic heterocycles. The number of nitrogens with zero attached hydrogens (tertiary/aromatic N) is 2. The van der Waals surface area contributed by atoms with Crippen molar-refractivity contribution in [2.24, 2.45) is 0 Å². The van der Waals surface area contributed by atoms with Crippen LogP contribution in [0.5, 0.6) is 0 Å². The van der Waals surface area contributed by atoms with Crippen molar-refractivity contribution < 1.29 is 14.1 Å². The first kappa shape index (κ1) is 12.9. The van der Waals surface area contributed by atoms with Gasteiger partial charge in [0.2, 0.25) is 5.88 Å². The Morgan fingerprint density at radius 2 is 2.28 bits per heavy atom. The van der Waals surface area contributed by atoms with Crippen LogP contribution in [-0.4, -0.2) is 43.4 Å². The molecule has 1 N–H and O–H groups in total. The lowest BCUT2D eigenvalue weighted by molar-refractivity contribution is 0.0930. The maximum atomic E-state index is 11.8. The smallest absolute Gasteiger partial charge is 0.273 e. The lowest BCUT2D eigenvalue weighted by Crippen LogP contribution is -2.36. The van der Waals surface area contributed by atoms with Crippen LogP contribution in [-0.2, 0) is 4.74 Å². The van der Waals surface area contributed by atoms with Gasteiger partial charge < -0.3 is 19.5 Å². The number of morpholine rings is 1. The lowest BCUT2D eigenvalue weighted by Gasteiger charge is -2.25. The standard InChI is InChI=1S/C12H19N3O3/c1-3-9(2)13-12(16)10-8-11(18-14-10)15-4-6-17-7-5-15/h8-9H,3-7H2,1-2H3,(H,13,16)/t9-/m1/s1. The van der Waals surface area contributed by atoms with Crippen LogP contribution in [0.2, 0.25) is 0 Å². The number of nitrogens with one attached hydrogen (secondary N) is 1. The summed E-state index contributed by atoms with van der Waals surface area (Å²) in [5.41, 5.74) is 0.330. The second-order valence-electron chi connectivity index (χ2n) is 4.43. The topological polar surface area (TPSA) is 67.6 Å². The number of amides is 1. The van der Waals surface area contributed by atoms with Crippen LogP contribution in [0.4, 0.5) is 5.88 Å². The van der Waals surface area contributed by atoms with E-state index in [1.165, 1.54) is 0 Å². The highest BCUT2D eigenvalue weighted by Crippen LogP contribution is 2.17. The van der Waals surface area contributed by atoms with E-state index in [9.17, 15) is 4.79 Å². The second kappa shape index (κ2) is 5.86. The number of hydrogen-bond acceptors (Lipinski definition) is 5. The largest absolute Gasteiger partial charge is 0.378 e. The first-order valence-corrected chi connectivity index (χ1v) is 6.31. The highest BCUT2D eigenvalue weighted by atomic mass is 16.5. The van der Waals surface area contributed by atoms with Gasteiger partial charge in [-0.25, -0.2) is 0 Å². The molecule has 1 saturated heterocycles. The molecule has 2 heterocycles. The molecule has 0 aliphatic carbocycles. The van der Waals surface area contributed by atoms with Crippen LogP contribution in [0.1, 0.15) is 30.8 Å². The van der Waals surface area contributed by atoms with Gasteiger partial charge in [0.25, 0.3) is 5.91 Å². The fraction of sp³-hybridized carbons (Fsp3) is 0.667. The summed E-state index contributed by atoms with van der Waals surface area (Å²) in [5.74, 6) is 0.445. The predicted octanol–water partition coefficient (Wildman–Crippen LogP) is 1.04. The van der Waals surface area contributed by atoms with Crippen molar-refractivity contribution in [1.82, 2.24) is 10.5 Å². The minimum atomic E-state index is -0.187. The number of ether oxygens (including phenoxy) is 1. The molecule has 0 aromatic carbocycles. The van der Waals surface area contributed by atoms with Crippen molar-refractivity contribution in [3.05, 3.63) is 11.8 Å². The molecule has 0 unspecified atom stereocenters. The molecular weight excluding hydrogens is 234 g/mol. The minimum absolute atomic E-state index is 0.140. The molecule has 2 rings (SSSR count). The number of anilines is 1. The summed E-state index contributed by atoms with van der Waals surface area (Å²) in [6, 6.07) is 1.82. The van der Waals surface area contributed by atoms with E-state index in [1.54, 1.807) is 6.07 Å². The quantitative estimate of drug-likeness (QED) is 0.868. The summed E-state index contributed by atoms with van der Waals surface area (Å²) in [6.07, 6.45) is 0.889. The third kappa shape index (κ3) is 3.01. The zero-order valence-corrected chi connectivity index (χ0v) is 10.8. The zero-order valence-electron chi connectivity index (χ0n) is 10.8. The average molecular weight is 253 g/mol. The molecule has 18 heavy (non-hydrogen) atoms. The maximum Gasteiger partial charge on any atom is 0.273 e. The third-order valence-corrected chi connectivity index (χ3v) is 3.04. The number of aromatic nitrogens is 1. The van der Waals surface area contributed by atoms with E-state index in [1.807, 2.05) is 18.7 Å². The van der Waals surface area contributed by atoms with Crippen LogP contribution in [0.15, 0.2) is 10.6 Å². The Hall–Kier alpha value is -1.56. The molecule has 100 valence electrons. The highest BCUT2D eigenvalue weighted by molar-refractivity contribution is 5.92. The van der Waals surface area contributed by atoms with Crippen molar-refractivity contribution >= 4 is 11.8 Å². The molecule has 1 amide bonds. The summed E-state index contributed by atoms with van der Waals surface area (Å²) in [7, 11) is 0. The van der Waals surface area contributed by atoms with Gasteiger partial charge in [0, 0.05) is 25.2 Å². The van der Waals surface area contributed by atoms with E-state index in [0.717, 1.165) is 19.5 Å². The molecule has 0 bridgehead atoms. The lowest BCUT2D eigenvalue weighted by atomic mass is 10.2. The van der Waals surface area contributed by atoms with E-state index in [2.05, 4.69) is 10.5 Å². The van der Waals surface area contributed by atoms with Gasteiger partial charge in [0.1, 0.15) is 0 Å². The van der Waals surface area contributed by atoms with Crippen molar-refractivity contribution in [2.75, 3.05) is 31.2 Å². The van der Waals surface area contributed by atoms with E-state index in [4.69, 9.17) is 9.26 Å². The highest BCUT2D eigenvalue weighted by Gasteiger charge is 2.19. The van der Waals surface area contributed by atoms with Gasteiger partial charge in [-0.3, -0.25) is 4.79 Å². The fourth-order valence-corrected chi connectivity index (χ4v) is 1.71. The molecule has 0 spiro atoms. The van der Waals surface area contributed by atoms with E-state index in [-0.39, 0.29) is 11.9 Å². The second-order valence-corrected chi connectivity index (χ2v) is 4.43. The number of hydrogen-bond donors (Lipinski definition) is 1. The summed E-state index contributed by atoms with van der Waals surface area (Å²) < 4.78 is 10.5. The Balaban J connectivity index is 1.98. The van der Waals surface area contributed by atoms with Gasteiger partial charge in [0.05, 0.1) is 13.2 Å². The maximum absolute atomic E-state index is 11.8. The molecule has 1 aromatic rings. The molecule has 1 fully saturated rings. The molecule has 0 radical (unpaired) electrons. The van der Waals surface area contributed by atoms with Gasteiger partial charge in [-0.1, -0.05) is 12.1 Å². The molecule has 6 nitrogen and oxygen atoms in total. The van der Waals surface area contributed by atoms with E-state index >= 15 is 0 Å². The van der Waals surface area contributed by atoms with E-state index < -0.39 is 0 Å². The van der Waals surface area contributed by atoms with Crippen LogP contribution in [0.3, 0.4) is 0 Å². The van der Waals surface area contributed by atoms with Gasteiger partial charge in [0.15, 0.2) is 5.69 Å². The summed E-state index contributed by atoms with van der Waals surface area (Å²) in [5, 5.41) is 6.67. The summed E-state index contributed by atoms with van der Waals surface area (Å²) in [4.78, 5) is 13.9. The summed E-state index contributed by atoms with van der Waals surface area (Å²) in [6.45, 7) is 6.86. The average Bonchev–Trinajstić information content (AvgIpc) is 2.89. The Kier molecular flexibility index (Phi) is 4.19. The first-order chi connectivity index (χ1) is 8.70. The Morgan fingerprint density at radius 3 is 2.94 bits per heavy atom. The van der Waals surface area contributed by atoms with Gasteiger partial charge >= 0.3 is 0 Å². The van der Waals surface area contributed by atoms with Gasteiger partial charge in [-0.05, 0) is 13.3 Å². The van der Waals surface area contributed by atoms with Crippen molar-refractivity contribution in [3.8, 4) is 0 Å². The van der Waals surface area contributed by atoms with Crippen LogP contribution in [0.25, 0.3) is 0 Å². The molecule has 1 atom stereocenters. The Morgan fingerprint density at radius 1 is 1.56 bits per heavy atom. The SMILES string of the molecule is CC[C@@H](C)NC(=O)c1cc(N2CCOCC2)on1. The molecule has 0 saturated carbocycles. The van der Waals surface area contributed by atoms with E-state index in [0.29, 0.717) is 24.8 Å². The minimum Gasteiger partial charge on any atom is -0.378 e. The van der Waals surface area contributed by atoms with Crippen LogP contribution in [0, 0.1) is 0 Å². The normalized spacial score (nSPS) is 17.6. The molecular formula is C12H19N3O3. The van der Waals surface area contributed by atoms with Gasteiger partial charge in [-0.2, -0.15) is 0 Å². The monoisotopic (exact) mass is 253 g/mol. The van der Waals surface area contributed by atoms with Gasteiger partial charge in [-0.15, -0.1) is 0 Å². The summed E-state index contributed by atoms with van der Waals surface area (Å²) >= 11 is 0. The number of rotatable bonds is 4. The van der Waals surface area contributed by atoms with Crippen LogP contribution < -0.4 is 10.2 Å². The number of carbonyl (C=O) groups is 1. The predicted molar refractivity (Wildman–Crippen MR) is 66.8 cm³/mol. The van der Waals surface area contributed by atoms with Crippen LogP contribution >= 0.6 is 0 Å². The van der Waals surface area contributed by atoms with Crippen molar-refractivity contribution in [2.45, 2.75) is 26.3 Å². The third-order valence-electron chi connectivity index (χ3n) is 3.04. The van der Waals surface area contributed by atoms with Crippen molar-refractivity contribution in [3.63, 3.8) is 0 Å². The fourth-order valence-electron chi connectivity index (χ4n) is 1.71. The number of carbonyl (C=O) groups excluding carboxylic acids is 1. The zero-order chi connectivity index (χ0) is 13.0. The Bertz CT molecular complexity index is 399. The molecule has 6 heteroatoms. The Labute approximate surface area is 106 Å². The first-order valence-electron chi connectivity index (χ1n) is 6.31. The molecule has 1 aliphatic rings. The molecule has 1 aromatic heterocycles.